The summed E-state index contributed by atoms with van der Waals surface area (Å²) in [7, 11) is 0. The Hall–Kier alpha value is -2.54. The predicted octanol–water partition coefficient (Wildman–Crippen LogP) is 4.76. The zero-order valence-electron chi connectivity index (χ0n) is 13.2. The zero-order chi connectivity index (χ0) is 16.4. The minimum Gasteiger partial charge on any atom is -0.488 e. The van der Waals surface area contributed by atoms with Crippen LogP contribution in [0.3, 0.4) is 0 Å². The van der Waals surface area contributed by atoms with Gasteiger partial charge in [-0.05, 0) is 61.4 Å². The Kier molecular flexibility index (Phi) is 4.20. The van der Waals surface area contributed by atoms with Crippen molar-refractivity contribution < 1.29 is 13.9 Å². The van der Waals surface area contributed by atoms with Gasteiger partial charge in [0.05, 0.1) is 0 Å². The van der Waals surface area contributed by atoms with Crippen molar-refractivity contribution in [1.82, 2.24) is 0 Å². The van der Waals surface area contributed by atoms with Crippen LogP contribution >= 0.6 is 0 Å². The Balaban J connectivity index is 1.88. The molecule has 3 rings (SSSR count). The lowest BCUT2D eigenvalue weighted by atomic mass is 10.0. The van der Waals surface area contributed by atoms with E-state index in [1.165, 1.54) is 6.07 Å². The summed E-state index contributed by atoms with van der Waals surface area (Å²) in [5.41, 5.74) is 3.51. The Morgan fingerprint density at radius 3 is 2.65 bits per heavy atom. The van der Waals surface area contributed by atoms with Gasteiger partial charge >= 0.3 is 0 Å². The molecule has 0 aromatic heterocycles. The van der Waals surface area contributed by atoms with Gasteiger partial charge in [0.15, 0.2) is 0 Å². The average Bonchev–Trinajstić information content (AvgIpc) is 3.35. The molecule has 0 N–H and O–H groups in total. The van der Waals surface area contributed by atoms with Crippen molar-refractivity contribution in [3.05, 3.63) is 58.4 Å². The molecule has 0 saturated heterocycles. The summed E-state index contributed by atoms with van der Waals surface area (Å²) in [4.78, 5) is 0. The number of hydrogen-bond donors (Lipinski definition) is 0. The maximum Gasteiger partial charge on any atom is 0.292 e. The van der Waals surface area contributed by atoms with Gasteiger partial charge in [-0.15, -0.1) is 5.26 Å². The molecule has 0 bridgehead atoms. The number of aryl methyl sites for hydroxylation is 2. The lowest BCUT2D eigenvalue weighted by molar-refractivity contribution is 0.296. The topological polar surface area (TPSA) is 42.2 Å². The van der Waals surface area contributed by atoms with Crippen molar-refractivity contribution in [2.45, 2.75) is 39.2 Å². The lowest BCUT2D eigenvalue weighted by Gasteiger charge is -2.15. The summed E-state index contributed by atoms with van der Waals surface area (Å²) in [5.74, 6) is 1.25. The number of ether oxygens (including phenoxy) is 2. The highest BCUT2D eigenvalue weighted by molar-refractivity contribution is 5.45. The highest BCUT2D eigenvalue weighted by atomic mass is 19.1. The third-order valence-electron chi connectivity index (χ3n) is 4.17. The smallest absolute Gasteiger partial charge is 0.292 e. The van der Waals surface area contributed by atoms with Crippen LogP contribution in [0, 0.1) is 31.2 Å². The predicted molar refractivity (Wildman–Crippen MR) is 84.9 cm³/mol. The van der Waals surface area contributed by atoms with Crippen LogP contribution in [-0.4, -0.2) is 0 Å². The largest absolute Gasteiger partial charge is 0.488 e. The first-order valence-corrected chi connectivity index (χ1v) is 7.67. The van der Waals surface area contributed by atoms with Crippen molar-refractivity contribution in [1.29, 1.82) is 5.26 Å². The Morgan fingerprint density at radius 2 is 1.96 bits per heavy atom. The van der Waals surface area contributed by atoms with E-state index >= 15 is 0 Å². The summed E-state index contributed by atoms with van der Waals surface area (Å²) < 4.78 is 24.7. The fourth-order valence-corrected chi connectivity index (χ4v) is 2.77. The molecule has 0 unspecified atom stereocenters. The van der Waals surface area contributed by atoms with E-state index in [0.29, 0.717) is 23.0 Å². The lowest BCUT2D eigenvalue weighted by Crippen LogP contribution is -2.04. The monoisotopic (exact) mass is 311 g/mol. The second-order valence-corrected chi connectivity index (χ2v) is 5.95. The summed E-state index contributed by atoms with van der Waals surface area (Å²) in [5, 5.41) is 8.82. The molecule has 0 aliphatic heterocycles. The molecular formula is C19H18FNO2. The molecule has 0 atom stereocenters. The standard InChI is InChI=1S/C19H18FNO2/c1-12-8-13(2)19(9-17(12)20)22-10-16-15(14-6-7-14)4-3-5-18(16)23-11-21/h3-5,8-9,14H,6-7,10H2,1-2H3. The van der Waals surface area contributed by atoms with Crippen LogP contribution in [0.25, 0.3) is 0 Å². The van der Waals surface area contributed by atoms with Gasteiger partial charge in [0.1, 0.15) is 23.9 Å². The second kappa shape index (κ2) is 6.29. The van der Waals surface area contributed by atoms with Gasteiger partial charge in [0.25, 0.3) is 6.26 Å². The molecule has 1 fully saturated rings. The van der Waals surface area contributed by atoms with Crippen molar-refractivity contribution in [2.24, 2.45) is 0 Å². The molecule has 2 aromatic rings. The SMILES string of the molecule is Cc1cc(C)c(OCc2c(OC#N)cccc2C2CC2)cc1F. The van der Waals surface area contributed by atoms with Gasteiger partial charge in [-0.2, -0.15) is 0 Å². The van der Waals surface area contributed by atoms with E-state index in [-0.39, 0.29) is 12.4 Å². The normalized spacial score (nSPS) is 13.5. The molecule has 1 aliphatic carbocycles. The molecular weight excluding hydrogens is 293 g/mol. The number of hydrogen-bond acceptors (Lipinski definition) is 3. The summed E-state index contributed by atoms with van der Waals surface area (Å²) in [6.45, 7) is 3.88. The van der Waals surface area contributed by atoms with Gasteiger partial charge in [-0.1, -0.05) is 12.1 Å². The average molecular weight is 311 g/mol. The number of nitrogens with zero attached hydrogens (tertiary/aromatic N) is 1. The highest BCUT2D eigenvalue weighted by Crippen LogP contribution is 2.44. The molecule has 3 nitrogen and oxygen atoms in total. The molecule has 23 heavy (non-hydrogen) atoms. The van der Waals surface area contributed by atoms with Gasteiger partial charge in [-0.25, -0.2) is 4.39 Å². The van der Waals surface area contributed by atoms with Crippen LogP contribution in [0.4, 0.5) is 4.39 Å². The molecule has 118 valence electrons. The molecule has 1 aliphatic rings. The maximum atomic E-state index is 13.8. The van der Waals surface area contributed by atoms with E-state index in [1.807, 2.05) is 19.1 Å². The molecule has 0 amide bonds. The second-order valence-electron chi connectivity index (χ2n) is 5.95. The first-order chi connectivity index (χ1) is 11.1. The van der Waals surface area contributed by atoms with Crippen molar-refractivity contribution in [2.75, 3.05) is 0 Å². The van der Waals surface area contributed by atoms with E-state index in [9.17, 15) is 4.39 Å². The Bertz CT molecular complexity index is 776. The molecule has 2 aromatic carbocycles. The fourth-order valence-electron chi connectivity index (χ4n) is 2.77. The summed E-state index contributed by atoms with van der Waals surface area (Å²) in [6, 6.07) is 8.87. The van der Waals surface area contributed by atoms with Crippen LogP contribution in [0.2, 0.25) is 0 Å². The third kappa shape index (κ3) is 3.29. The number of halogens is 1. The van der Waals surface area contributed by atoms with E-state index in [4.69, 9.17) is 14.7 Å². The van der Waals surface area contributed by atoms with Crippen LogP contribution < -0.4 is 9.47 Å². The van der Waals surface area contributed by atoms with Crippen molar-refractivity contribution in [3.63, 3.8) is 0 Å². The quantitative estimate of drug-likeness (QED) is 0.748. The first-order valence-electron chi connectivity index (χ1n) is 7.67. The van der Waals surface area contributed by atoms with E-state index in [1.54, 1.807) is 25.3 Å². The maximum absolute atomic E-state index is 13.8. The van der Waals surface area contributed by atoms with Crippen LogP contribution in [-0.2, 0) is 6.61 Å². The van der Waals surface area contributed by atoms with Gasteiger partial charge in [0.2, 0.25) is 0 Å². The first kappa shape index (κ1) is 15.4. The highest BCUT2D eigenvalue weighted by Gasteiger charge is 2.27. The van der Waals surface area contributed by atoms with Gasteiger partial charge in [-0.3, -0.25) is 0 Å². The minimum atomic E-state index is -0.283. The number of rotatable bonds is 5. The fraction of sp³-hybridized carbons (Fsp3) is 0.316. The van der Waals surface area contributed by atoms with Crippen molar-refractivity contribution in [3.8, 4) is 17.8 Å². The van der Waals surface area contributed by atoms with Crippen LogP contribution in [0.15, 0.2) is 30.3 Å². The van der Waals surface area contributed by atoms with Crippen LogP contribution in [0.1, 0.15) is 41.0 Å². The summed E-state index contributed by atoms with van der Waals surface area (Å²) in [6.07, 6.45) is 4.00. The van der Waals surface area contributed by atoms with E-state index in [2.05, 4.69) is 0 Å². The summed E-state index contributed by atoms with van der Waals surface area (Å²) >= 11 is 0. The van der Waals surface area contributed by atoms with Crippen molar-refractivity contribution >= 4 is 0 Å². The van der Waals surface area contributed by atoms with Gasteiger partial charge < -0.3 is 9.47 Å². The Morgan fingerprint density at radius 1 is 1.17 bits per heavy atom. The van der Waals surface area contributed by atoms with Gasteiger partial charge in [0, 0.05) is 11.6 Å². The number of nitriles is 1. The molecule has 0 radical (unpaired) electrons. The molecule has 4 heteroatoms. The third-order valence-corrected chi connectivity index (χ3v) is 4.17. The molecule has 1 saturated carbocycles. The van der Waals surface area contributed by atoms with Crippen LogP contribution in [0.5, 0.6) is 11.5 Å². The van der Waals surface area contributed by atoms with E-state index < -0.39 is 0 Å². The minimum absolute atomic E-state index is 0.257. The molecule has 0 heterocycles. The molecule has 0 spiro atoms. The Labute approximate surface area is 135 Å². The number of benzene rings is 2. The van der Waals surface area contributed by atoms with E-state index in [0.717, 1.165) is 29.5 Å². The zero-order valence-corrected chi connectivity index (χ0v) is 13.2.